The van der Waals surface area contributed by atoms with E-state index in [4.69, 9.17) is 25.9 Å². The molecular formula is C13H11ClO4. The summed E-state index contributed by atoms with van der Waals surface area (Å²) in [6, 6.07) is 6.86. The zero-order valence-corrected chi connectivity index (χ0v) is 10.4. The Kier molecular flexibility index (Phi) is 3.58. The van der Waals surface area contributed by atoms with Crippen molar-refractivity contribution < 1.29 is 19.1 Å². The number of furan rings is 1. The SMILES string of the molecule is Cc1ccc(Cl)c(OCc2cc(C(=O)O)co2)c1. The zero-order valence-electron chi connectivity index (χ0n) is 9.64. The molecule has 0 radical (unpaired) electrons. The highest BCUT2D eigenvalue weighted by molar-refractivity contribution is 6.32. The quantitative estimate of drug-likeness (QED) is 0.920. The molecule has 1 heterocycles. The van der Waals surface area contributed by atoms with Crippen LogP contribution in [0.4, 0.5) is 0 Å². The number of benzene rings is 1. The fourth-order valence-electron chi connectivity index (χ4n) is 1.44. The van der Waals surface area contributed by atoms with Crippen LogP contribution in [0, 0.1) is 6.92 Å². The molecule has 1 aromatic carbocycles. The summed E-state index contributed by atoms with van der Waals surface area (Å²) in [5, 5.41) is 9.25. The summed E-state index contributed by atoms with van der Waals surface area (Å²) >= 11 is 5.97. The van der Waals surface area contributed by atoms with E-state index in [1.807, 2.05) is 19.1 Å². The molecule has 2 aromatic rings. The smallest absolute Gasteiger partial charge is 0.338 e. The third-order valence-electron chi connectivity index (χ3n) is 2.36. The lowest BCUT2D eigenvalue weighted by Crippen LogP contribution is -1.96. The minimum absolute atomic E-state index is 0.101. The Morgan fingerprint density at radius 3 is 2.89 bits per heavy atom. The van der Waals surface area contributed by atoms with Gasteiger partial charge in [0.25, 0.3) is 0 Å². The number of aromatic carboxylic acids is 1. The van der Waals surface area contributed by atoms with Crippen LogP contribution in [-0.4, -0.2) is 11.1 Å². The van der Waals surface area contributed by atoms with E-state index in [1.54, 1.807) is 6.07 Å². The molecule has 0 unspecified atom stereocenters. The Morgan fingerprint density at radius 2 is 2.22 bits per heavy atom. The van der Waals surface area contributed by atoms with Crippen molar-refractivity contribution in [2.45, 2.75) is 13.5 Å². The molecule has 0 fully saturated rings. The highest BCUT2D eigenvalue weighted by Crippen LogP contribution is 2.26. The lowest BCUT2D eigenvalue weighted by molar-refractivity contribution is 0.0696. The maximum atomic E-state index is 10.7. The molecule has 18 heavy (non-hydrogen) atoms. The molecular weight excluding hydrogens is 256 g/mol. The van der Waals surface area contributed by atoms with Gasteiger partial charge in [0, 0.05) is 0 Å². The highest BCUT2D eigenvalue weighted by atomic mass is 35.5. The first-order chi connectivity index (χ1) is 8.56. The summed E-state index contributed by atoms with van der Waals surface area (Å²) in [4.78, 5) is 10.7. The number of rotatable bonds is 4. The van der Waals surface area contributed by atoms with Crippen molar-refractivity contribution in [3.8, 4) is 5.75 Å². The molecule has 1 N–H and O–H groups in total. The van der Waals surface area contributed by atoms with Crippen LogP contribution in [0.3, 0.4) is 0 Å². The number of carboxylic acid groups (broad SMARTS) is 1. The summed E-state index contributed by atoms with van der Waals surface area (Å²) in [6.07, 6.45) is 1.18. The molecule has 0 atom stereocenters. The Labute approximate surface area is 109 Å². The Bertz CT molecular complexity index is 574. The number of ether oxygens (including phenoxy) is 1. The van der Waals surface area contributed by atoms with E-state index in [0.29, 0.717) is 16.5 Å². The lowest BCUT2D eigenvalue weighted by atomic mass is 10.2. The Hall–Kier alpha value is -1.94. The van der Waals surface area contributed by atoms with Gasteiger partial charge in [0.15, 0.2) is 0 Å². The predicted octanol–water partition coefficient (Wildman–Crippen LogP) is 3.52. The van der Waals surface area contributed by atoms with Gasteiger partial charge in [-0.15, -0.1) is 0 Å². The molecule has 0 aliphatic carbocycles. The second-order valence-electron chi connectivity index (χ2n) is 3.83. The van der Waals surface area contributed by atoms with E-state index >= 15 is 0 Å². The van der Waals surface area contributed by atoms with Gasteiger partial charge >= 0.3 is 5.97 Å². The first-order valence-corrected chi connectivity index (χ1v) is 5.63. The average molecular weight is 267 g/mol. The summed E-state index contributed by atoms with van der Waals surface area (Å²) in [6.45, 7) is 2.06. The van der Waals surface area contributed by atoms with E-state index in [-0.39, 0.29) is 12.2 Å². The molecule has 4 nitrogen and oxygen atoms in total. The molecule has 5 heteroatoms. The van der Waals surface area contributed by atoms with Crippen molar-refractivity contribution in [3.05, 3.63) is 52.4 Å². The van der Waals surface area contributed by atoms with E-state index in [9.17, 15) is 4.79 Å². The lowest BCUT2D eigenvalue weighted by Gasteiger charge is -2.06. The second kappa shape index (κ2) is 5.14. The average Bonchev–Trinajstić information content (AvgIpc) is 2.79. The third-order valence-corrected chi connectivity index (χ3v) is 2.67. The standard InChI is InChI=1S/C13H11ClO4/c1-8-2-3-11(14)12(4-8)18-7-10-5-9(6-17-10)13(15)16/h2-6H,7H2,1H3,(H,15,16). The number of carboxylic acids is 1. The van der Waals surface area contributed by atoms with Crippen LogP contribution >= 0.6 is 11.6 Å². The molecule has 2 rings (SSSR count). The summed E-state index contributed by atoms with van der Waals surface area (Å²) in [5.41, 5.74) is 1.13. The molecule has 0 aliphatic rings. The number of halogens is 1. The first-order valence-electron chi connectivity index (χ1n) is 5.26. The van der Waals surface area contributed by atoms with Crippen LogP contribution in [-0.2, 0) is 6.61 Å². The van der Waals surface area contributed by atoms with Crippen LogP contribution in [0.25, 0.3) is 0 Å². The maximum absolute atomic E-state index is 10.7. The van der Waals surface area contributed by atoms with Crippen LogP contribution in [0.15, 0.2) is 34.9 Å². The molecule has 0 bridgehead atoms. The molecule has 0 aliphatic heterocycles. The molecule has 0 saturated carbocycles. The van der Waals surface area contributed by atoms with Crippen molar-refractivity contribution in [1.29, 1.82) is 0 Å². The van der Waals surface area contributed by atoms with Gasteiger partial charge in [0.05, 0.1) is 10.6 Å². The van der Waals surface area contributed by atoms with Gasteiger partial charge in [0.2, 0.25) is 0 Å². The fourth-order valence-corrected chi connectivity index (χ4v) is 1.61. The third kappa shape index (κ3) is 2.84. The van der Waals surface area contributed by atoms with Crippen LogP contribution in [0.1, 0.15) is 21.7 Å². The monoisotopic (exact) mass is 266 g/mol. The fraction of sp³-hybridized carbons (Fsp3) is 0.154. The molecule has 0 saturated heterocycles. The van der Waals surface area contributed by atoms with Gasteiger partial charge in [-0.1, -0.05) is 17.7 Å². The van der Waals surface area contributed by atoms with Gasteiger partial charge in [-0.25, -0.2) is 4.79 Å². The minimum Gasteiger partial charge on any atom is -0.484 e. The van der Waals surface area contributed by atoms with E-state index in [2.05, 4.69) is 0 Å². The molecule has 0 amide bonds. The van der Waals surface area contributed by atoms with E-state index in [0.717, 1.165) is 5.56 Å². The Morgan fingerprint density at radius 1 is 1.44 bits per heavy atom. The number of hydrogen-bond acceptors (Lipinski definition) is 3. The van der Waals surface area contributed by atoms with E-state index in [1.165, 1.54) is 12.3 Å². The Balaban J connectivity index is 2.06. The topological polar surface area (TPSA) is 59.7 Å². The zero-order chi connectivity index (χ0) is 13.1. The van der Waals surface area contributed by atoms with Gasteiger partial charge in [-0.05, 0) is 30.7 Å². The van der Waals surface area contributed by atoms with Crippen LogP contribution < -0.4 is 4.74 Å². The molecule has 1 aromatic heterocycles. The number of carbonyl (C=O) groups is 1. The van der Waals surface area contributed by atoms with Crippen molar-refractivity contribution in [1.82, 2.24) is 0 Å². The van der Waals surface area contributed by atoms with Gasteiger partial charge in [0.1, 0.15) is 24.4 Å². The second-order valence-corrected chi connectivity index (χ2v) is 4.24. The summed E-state index contributed by atoms with van der Waals surface area (Å²) in [7, 11) is 0. The van der Waals surface area contributed by atoms with Crippen molar-refractivity contribution in [2.75, 3.05) is 0 Å². The van der Waals surface area contributed by atoms with Gasteiger partial charge in [-0.3, -0.25) is 0 Å². The molecule has 0 spiro atoms. The molecule has 94 valence electrons. The highest BCUT2D eigenvalue weighted by Gasteiger charge is 2.09. The van der Waals surface area contributed by atoms with Crippen LogP contribution in [0.2, 0.25) is 5.02 Å². The summed E-state index contributed by atoms with van der Waals surface area (Å²) in [5.74, 6) is -0.0477. The van der Waals surface area contributed by atoms with Crippen LogP contribution in [0.5, 0.6) is 5.75 Å². The van der Waals surface area contributed by atoms with Crippen molar-refractivity contribution >= 4 is 17.6 Å². The van der Waals surface area contributed by atoms with E-state index < -0.39 is 5.97 Å². The largest absolute Gasteiger partial charge is 0.484 e. The number of hydrogen-bond donors (Lipinski definition) is 1. The minimum atomic E-state index is -1.03. The maximum Gasteiger partial charge on any atom is 0.338 e. The van der Waals surface area contributed by atoms with Gasteiger partial charge in [-0.2, -0.15) is 0 Å². The van der Waals surface area contributed by atoms with Gasteiger partial charge < -0.3 is 14.3 Å². The summed E-state index contributed by atoms with van der Waals surface area (Å²) < 4.78 is 10.5. The first kappa shape index (κ1) is 12.5. The number of aryl methyl sites for hydroxylation is 1. The van der Waals surface area contributed by atoms with Crippen molar-refractivity contribution in [3.63, 3.8) is 0 Å². The van der Waals surface area contributed by atoms with Crippen molar-refractivity contribution in [2.24, 2.45) is 0 Å². The predicted molar refractivity (Wildman–Crippen MR) is 66.2 cm³/mol. The normalized spacial score (nSPS) is 10.3.